The van der Waals surface area contributed by atoms with Crippen molar-refractivity contribution in [3.63, 3.8) is 0 Å². The molecule has 3 rings (SSSR count). The van der Waals surface area contributed by atoms with Crippen LogP contribution in [0.25, 0.3) is 0 Å². The molecule has 2 aliphatic heterocycles. The summed E-state index contributed by atoms with van der Waals surface area (Å²) in [5.74, 6) is 0.637. The summed E-state index contributed by atoms with van der Waals surface area (Å²) in [4.78, 5) is 13.2. The maximum Gasteiger partial charge on any atom is 0.142 e. The summed E-state index contributed by atoms with van der Waals surface area (Å²) >= 11 is 7.38. The van der Waals surface area contributed by atoms with E-state index in [-0.39, 0.29) is 5.92 Å². The third kappa shape index (κ3) is 1.92. The van der Waals surface area contributed by atoms with Crippen molar-refractivity contribution in [2.24, 2.45) is 5.92 Å². The maximum atomic E-state index is 12.1. The lowest BCUT2D eigenvalue weighted by Crippen LogP contribution is -2.29. The number of hydrogen-bond acceptors (Lipinski definition) is 3. The first-order valence-electron chi connectivity index (χ1n) is 5.75. The summed E-state index contributed by atoms with van der Waals surface area (Å²) in [5.41, 5.74) is 0. The number of hydrogen-bond donors (Lipinski definition) is 1. The van der Waals surface area contributed by atoms with E-state index in [4.69, 9.17) is 11.6 Å². The van der Waals surface area contributed by atoms with Crippen molar-refractivity contribution in [3.05, 3.63) is 21.3 Å². The van der Waals surface area contributed by atoms with Crippen LogP contribution in [-0.2, 0) is 11.2 Å². The fourth-order valence-electron chi connectivity index (χ4n) is 2.93. The van der Waals surface area contributed by atoms with Gasteiger partial charge in [0.15, 0.2) is 0 Å². The average Bonchev–Trinajstić information content (AvgIpc) is 2.93. The Labute approximate surface area is 104 Å². The van der Waals surface area contributed by atoms with Crippen LogP contribution in [0, 0.1) is 5.92 Å². The fraction of sp³-hybridized carbons (Fsp3) is 0.583. The summed E-state index contributed by atoms with van der Waals surface area (Å²) in [6.45, 7) is 0. The van der Waals surface area contributed by atoms with Crippen molar-refractivity contribution in [1.82, 2.24) is 5.32 Å². The molecule has 2 bridgehead atoms. The van der Waals surface area contributed by atoms with Crippen molar-refractivity contribution in [2.75, 3.05) is 0 Å². The SMILES string of the molecule is O=C(Cc1ccc(Cl)s1)C1CC2CCC1N2. The third-order valence-electron chi connectivity index (χ3n) is 3.69. The summed E-state index contributed by atoms with van der Waals surface area (Å²) < 4.78 is 0.772. The first-order chi connectivity index (χ1) is 7.72. The molecule has 2 saturated heterocycles. The summed E-state index contributed by atoms with van der Waals surface area (Å²) in [7, 11) is 0. The number of carbonyl (C=O) groups is 1. The summed E-state index contributed by atoms with van der Waals surface area (Å²) in [6, 6.07) is 4.89. The first-order valence-corrected chi connectivity index (χ1v) is 6.95. The van der Waals surface area contributed by atoms with Gasteiger partial charge < -0.3 is 5.32 Å². The van der Waals surface area contributed by atoms with E-state index in [0.29, 0.717) is 24.3 Å². The van der Waals surface area contributed by atoms with Gasteiger partial charge in [0.2, 0.25) is 0 Å². The minimum absolute atomic E-state index is 0.250. The smallest absolute Gasteiger partial charge is 0.142 e. The average molecular weight is 256 g/mol. The number of carbonyl (C=O) groups excluding carboxylic acids is 1. The largest absolute Gasteiger partial charge is 0.310 e. The normalized spacial score (nSPS) is 32.2. The Balaban J connectivity index is 1.65. The third-order valence-corrected chi connectivity index (χ3v) is 4.92. The highest BCUT2D eigenvalue weighted by molar-refractivity contribution is 7.16. The Bertz CT molecular complexity index is 417. The Hall–Kier alpha value is -0.380. The minimum Gasteiger partial charge on any atom is -0.310 e. The van der Waals surface area contributed by atoms with Crippen molar-refractivity contribution < 1.29 is 4.79 Å². The van der Waals surface area contributed by atoms with E-state index in [1.807, 2.05) is 12.1 Å². The second kappa shape index (κ2) is 4.13. The standard InChI is InChI=1S/C12H14ClNOS/c13-12-4-2-8(16-12)6-11(15)9-5-7-1-3-10(9)14-7/h2,4,7,9-10,14H,1,3,5-6H2. The van der Waals surface area contributed by atoms with Gasteiger partial charge in [-0.3, -0.25) is 4.79 Å². The molecule has 1 N–H and O–H groups in total. The predicted molar refractivity (Wildman–Crippen MR) is 66.1 cm³/mol. The molecule has 4 heteroatoms. The highest BCUT2D eigenvalue weighted by Crippen LogP contribution is 2.34. The van der Waals surface area contributed by atoms with Crippen LogP contribution in [-0.4, -0.2) is 17.9 Å². The van der Waals surface area contributed by atoms with Crippen molar-refractivity contribution in [3.8, 4) is 0 Å². The van der Waals surface area contributed by atoms with Crippen molar-refractivity contribution >= 4 is 28.7 Å². The molecule has 0 spiro atoms. The number of fused-ring (bicyclic) bond motifs is 2. The number of rotatable bonds is 3. The molecule has 2 aliphatic rings. The van der Waals surface area contributed by atoms with E-state index in [1.54, 1.807) is 0 Å². The molecule has 3 heterocycles. The molecule has 16 heavy (non-hydrogen) atoms. The predicted octanol–water partition coefficient (Wildman–Crippen LogP) is 2.65. The number of halogens is 1. The molecule has 2 fully saturated rings. The van der Waals surface area contributed by atoms with Crippen LogP contribution in [0.4, 0.5) is 0 Å². The molecule has 0 radical (unpaired) electrons. The van der Waals surface area contributed by atoms with Gasteiger partial charge in [0.1, 0.15) is 5.78 Å². The Kier molecular flexibility index (Phi) is 2.78. The fourth-order valence-corrected chi connectivity index (χ4v) is 4.03. The molecule has 2 nitrogen and oxygen atoms in total. The Morgan fingerprint density at radius 2 is 2.38 bits per heavy atom. The summed E-state index contributed by atoms with van der Waals surface area (Å²) in [6.07, 6.45) is 4.03. The number of thiophene rings is 1. The van der Waals surface area contributed by atoms with Crippen LogP contribution in [0.2, 0.25) is 4.34 Å². The van der Waals surface area contributed by atoms with Gasteiger partial charge in [-0.05, 0) is 31.4 Å². The van der Waals surface area contributed by atoms with Gasteiger partial charge in [0, 0.05) is 29.3 Å². The highest BCUT2D eigenvalue weighted by Gasteiger charge is 2.42. The lowest BCUT2D eigenvalue weighted by atomic mass is 9.85. The van der Waals surface area contributed by atoms with Gasteiger partial charge in [-0.2, -0.15) is 0 Å². The molecule has 3 atom stereocenters. The van der Waals surface area contributed by atoms with Crippen LogP contribution in [0.1, 0.15) is 24.1 Å². The zero-order valence-electron chi connectivity index (χ0n) is 8.91. The minimum atomic E-state index is 0.250. The van der Waals surface area contributed by atoms with Gasteiger partial charge in [0.05, 0.1) is 4.34 Å². The molecular formula is C12H14ClNOS. The topological polar surface area (TPSA) is 29.1 Å². The number of Topliss-reactive ketones (excluding diaryl/α,β-unsaturated/α-hetero) is 1. The van der Waals surface area contributed by atoms with E-state index < -0.39 is 0 Å². The molecule has 1 aromatic heterocycles. The Morgan fingerprint density at radius 3 is 2.94 bits per heavy atom. The van der Waals surface area contributed by atoms with Gasteiger partial charge >= 0.3 is 0 Å². The van der Waals surface area contributed by atoms with Gasteiger partial charge in [-0.25, -0.2) is 0 Å². The monoisotopic (exact) mass is 255 g/mol. The quantitative estimate of drug-likeness (QED) is 0.900. The van der Waals surface area contributed by atoms with E-state index in [9.17, 15) is 4.79 Å². The van der Waals surface area contributed by atoms with Gasteiger partial charge in [-0.1, -0.05) is 11.6 Å². The van der Waals surface area contributed by atoms with Gasteiger partial charge in [-0.15, -0.1) is 11.3 Å². The molecule has 1 aromatic rings. The molecule has 0 aliphatic carbocycles. The van der Waals surface area contributed by atoms with Crippen LogP contribution in [0.5, 0.6) is 0 Å². The number of ketones is 1. The molecule has 3 unspecified atom stereocenters. The van der Waals surface area contributed by atoms with E-state index in [0.717, 1.165) is 15.6 Å². The lowest BCUT2D eigenvalue weighted by Gasteiger charge is -2.18. The maximum absolute atomic E-state index is 12.1. The van der Waals surface area contributed by atoms with Gasteiger partial charge in [0.25, 0.3) is 0 Å². The summed E-state index contributed by atoms with van der Waals surface area (Å²) in [5, 5.41) is 3.51. The molecular weight excluding hydrogens is 242 g/mol. The molecule has 0 saturated carbocycles. The van der Waals surface area contributed by atoms with Crippen molar-refractivity contribution in [1.29, 1.82) is 0 Å². The number of nitrogens with one attached hydrogen (secondary N) is 1. The van der Waals surface area contributed by atoms with Crippen molar-refractivity contribution in [2.45, 2.75) is 37.8 Å². The van der Waals surface area contributed by atoms with Crippen LogP contribution in [0.3, 0.4) is 0 Å². The zero-order valence-corrected chi connectivity index (χ0v) is 10.5. The molecule has 0 aromatic carbocycles. The highest BCUT2D eigenvalue weighted by atomic mass is 35.5. The van der Waals surface area contributed by atoms with E-state index in [2.05, 4.69) is 5.32 Å². The second-order valence-electron chi connectivity index (χ2n) is 4.74. The van der Waals surface area contributed by atoms with E-state index >= 15 is 0 Å². The Morgan fingerprint density at radius 1 is 1.50 bits per heavy atom. The first kappa shape index (κ1) is 10.8. The molecule has 86 valence electrons. The lowest BCUT2D eigenvalue weighted by molar-refractivity contribution is -0.122. The molecule has 0 amide bonds. The zero-order chi connectivity index (χ0) is 11.1. The van der Waals surface area contributed by atoms with Crippen LogP contribution < -0.4 is 5.32 Å². The van der Waals surface area contributed by atoms with E-state index in [1.165, 1.54) is 24.2 Å². The van der Waals surface area contributed by atoms with Crippen LogP contribution in [0.15, 0.2) is 12.1 Å². The van der Waals surface area contributed by atoms with Crippen LogP contribution >= 0.6 is 22.9 Å². The second-order valence-corrected chi connectivity index (χ2v) is 6.54.